The van der Waals surface area contributed by atoms with Gasteiger partial charge in [-0.1, -0.05) is 0 Å². The first-order valence-corrected chi connectivity index (χ1v) is 6.84. The van der Waals surface area contributed by atoms with Crippen molar-refractivity contribution in [2.24, 2.45) is 0 Å². The summed E-state index contributed by atoms with van der Waals surface area (Å²) in [7, 11) is 1.64. The van der Waals surface area contributed by atoms with Crippen LogP contribution in [0.15, 0.2) is 18.7 Å². The van der Waals surface area contributed by atoms with Gasteiger partial charge in [-0.25, -0.2) is 0 Å². The maximum atomic E-state index is 11.9. The summed E-state index contributed by atoms with van der Waals surface area (Å²) in [6, 6.07) is -0.193. The van der Waals surface area contributed by atoms with Gasteiger partial charge in [0.15, 0.2) is 5.82 Å². The number of aryl methyl sites for hydroxylation is 1. The third kappa shape index (κ3) is 4.38. The van der Waals surface area contributed by atoms with E-state index in [4.69, 9.17) is 4.74 Å². The fraction of sp³-hybridized carbons (Fsp3) is 0.538. The van der Waals surface area contributed by atoms with E-state index in [0.717, 1.165) is 11.4 Å². The van der Waals surface area contributed by atoms with E-state index in [2.05, 4.69) is 25.7 Å². The Labute approximate surface area is 122 Å². The molecule has 0 aliphatic carbocycles. The van der Waals surface area contributed by atoms with Crippen LogP contribution in [0.4, 0.5) is 0 Å². The number of hydrogen-bond acceptors (Lipinski definition) is 5. The molecule has 2 aromatic rings. The monoisotopic (exact) mass is 292 g/mol. The average molecular weight is 292 g/mol. The Balaban J connectivity index is 1.84. The SMILES string of the molecule is COCCn1cnnc1[C@H](C)NC(=O)CCc1cn[nH]c1. The molecular formula is C13H20N6O2. The van der Waals surface area contributed by atoms with Crippen LogP contribution in [0.1, 0.15) is 30.8 Å². The lowest BCUT2D eigenvalue weighted by molar-refractivity contribution is -0.121. The summed E-state index contributed by atoms with van der Waals surface area (Å²) in [5.74, 6) is 0.703. The summed E-state index contributed by atoms with van der Waals surface area (Å²) in [4.78, 5) is 11.9. The van der Waals surface area contributed by atoms with E-state index in [9.17, 15) is 4.79 Å². The molecule has 2 aromatic heterocycles. The Morgan fingerprint density at radius 1 is 1.57 bits per heavy atom. The first-order chi connectivity index (χ1) is 10.2. The van der Waals surface area contributed by atoms with Crippen LogP contribution in [0.5, 0.6) is 0 Å². The zero-order chi connectivity index (χ0) is 15.1. The Morgan fingerprint density at radius 3 is 3.14 bits per heavy atom. The molecule has 0 aliphatic heterocycles. The number of ether oxygens (including phenoxy) is 1. The summed E-state index contributed by atoms with van der Waals surface area (Å²) >= 11 is 0. The van der Waals surface area contributed by atoms with Gasteiger partial charge in [-0.2, -0.15) is 5.10 Å². The molecule has 2 N–H and O–H groups in total. The molecule has 8 nitrogen and oxygen atoms in total. The number of nitrogens with one attached hydrogen (secondary N) is 2. The van der Waals surface area contributed by atoms with Crippen LogP contribution < -0.4 is 5.32 Å². The van der Waals surface area contributed by atoms with Crippen LogP contribution in [-0.2, 0) is 22.5 Å². The molecule has 8 heteroatoms. The van der Waals surface area contributed by atoms with Gasteiger partial charge in [-0.3, -0.25) is 9.89 Å². The van der Waals surface area contributed by atoms with Crippen molar-refractivity contribution in [1.29, 1.82) is 0 Å². The number of amides is 1. The second-order valence-electron chi connectivity index (χ2n) is 4.77. The van der Waals surface area contributed by atoms with Crippen LogP contribution in [0.25, 0.3) is 0 Å². The molecule has 0 bridgehead atoms. The standard InChI is InChI=1S/C13H20N6O2/c1-10(13-18-16-9-19(13)5-6-21-2)17-12(20)4-3-11-7-14-15-8-11/h7-10H,3-6H2,1-2H3,(H,14,15)(H,17,20)/t10-/m0/s1. The van der Waals surface area contributed by atoms with Gasteiger partial charge in [0.2, 0.25) is 5.91 Å². The van der Waals surface area contributed by atoms with E-state index in [1.165, 1.54) is 0 Å². The Morgan fingerprint density at radius 2 is 2.43 bits per heavy atom. The maximum absolute atomic E-state index is 11.9. The van der Waals surface area contributed by atoms with Gasteiger partial charge in [-0.05, 0) is 18.9 Å². The molecular weight excluding hydrogens is 272 g/mol. The smallest absolute Gasteiger partial charge is 0.220 e. The summed E-state index contributed by atoms with van der Waals surface area (Å²) < 4.78 is 6.92. The number of aromatic amines is 1. The minimum atomic E-state index is -0.193. The molecule has 1 atom stereocenters. The van der Waals surface area contributed by atoms with Crippen molar-refractivity contribution in [3.05, 3.63) is 30.1 Å². The lowest BCUT2D eigenvalue weighted by Gasteiger charge is -2.14. The molecule has 114 valence electrons. The third-order valence-electron chi connectivity index (χ3n) is 3.14. The van der Waals surface area contributed by atoms with Crippen LogP contribution in [0, 0.1) is 0 Å². The zero-order valence-corrected chi connectivity index (χ0v) is 12.2. The number of nitrogens with zero attached hydrogens (tertiary/aromatic N) is 4. The van der Waals surface area contributed by atoms with E-state index in [1.807, 2.05) is 11.5 Å². The van der Waals surface area contributed by atoms with Crippen molar-refractivity contribution < 1.29 is 9.53 Å². The normalized spacial score (nSPS) is 12.3. The molecule has 0 saturated carbocycles. The average Bonchev–Trinajstić information content (AvgIpc) is 3.14. The van der Waals surface area contributed by atoms with E-state index < -0.39 is 0 Å². The molecule has 0 spiro atoms. The van der Waals surface area contributed by atoms with Crippen molar-refractivity contribution in [3.63, 3.8) is 0 Å². The lowest BCUT2D eigenvalue weighted by Crippen LogP contribution is -2.29. The van der Waals surface area contributed by atoms with Crippen LogP contribution in [0.3, 0.4) is 0 Å². The first-order valence-electron chi connectivity index (χ1n) is 6.84. The van der Waals surface area contributed by atoms with Crippen LogP contribution >= 0.6 is 0 Å². The highest BCUT2D eigenvalue weighted by molar-refractivity contribution is 5.76. The predicted octanol–water partition coefficient (Wildman–Crippen LogP) is 0.458. The largest absolute Gasteiger partial charge is 0.383 e. The topological polar surface area (TPSA) is 97.7 Å². The fourth-order valence-corrected chi connectivity index (χ4v) is 2.01. The molecule has 0 aliphatic rings. The van der Waals surface area contributed by atoms with Gasteiger partial charge in [0.25, 0.3) is 0 Å². The summed E-state index contributed by atoms with van der Waals surface area (Å²) in [5, 5.41) is 17.5. The lowest BCUT2D eigenvalue weighted by atomic mass is 10.2. The highest BCUT2D eigenvalue weighted by Gasteiger charge is 2.15. The molecule has 2 heterocycles. The Bertz CT molecular complexity index is 551. The van der Waals surface area contributed by atoms with Crippen molar-refractivity contribution in [2.45, 2.75) is 32.4 Å². The molecule has 0 fully saturated rings. The van der Waals surface area contributed by atoms with E-state index in [1.54, 1.807) is 25.8 Å². The van der Waals surface area contributed by atoms with E-state index in [0.29, 0.717) is 26.0 Å². The second kappa shape index (κ2) is 7.53. The highest BCUT2D eigenvalue weighted by Crippen LogP contribution is 2.09. The number of H-pyrrole nitrogens is 1. The quantitative estimate of drug-likeness (QED) is 0.736. The molecule has 0 saturated heterocycles. The van der Waals surface area contributed by atoms with Gasteiger partial charge in [0, 0.05) is 26.3 Å². The van der Waals surface area contributed by atoms with Crippen molar-refractivity contribution >= 4 is 5.91 Å². The van der Waals surface area contributed by atoms with E-state index >= 15 is 0 Å². The molecule has 1 amide bonds. The number of aromatic nitrogens is 5. The molecule has 0 aromatic carbocycles. The molecule has 0 unspecified atom stereocenters. The minimum Gasteiger partial charge on any atom is -0.383 e. The van der Waals surface area contributed by atoms with Gasteiger partial charge >= 0.3 is 0 Å². The second-order valence-corrected chi connectivity index (χ2v) is 4.77. The van der Waals surface area contributed by atoms with Crippen LogP contribution in [-0.4, -0.2) is 44.6 Å². The molecule has 2 rings (SSSR count). The van der Waals surface area contributed by atoms with Crippen molar-refractivity contribution in [1.82, 2.24) is 30.3 Å². The number of rotatable bonds is 8. The van der Waals surface area contributed by atoms with Crippen molar-refractivity contribution in [2.75, 3.05) is 13.7 Å². The summed E-state index contributed by atoms with van der Waals surface area (Å²) in [5.41, 5.74) is 1.01. The fourth-order valence-electron chi connectivity index (χ4n) is 2.01. The number of hydrogen-bond donors (Lipinski definition) is 2. The number of carbonyl (C=O) groups excluding carboxylic acids is 1. The van der Waals surface area contributed by atoms with Gasteiger partial charge in [0.05, 0.1) is 18.8 Å². The van der Waals surface area contributed by atoms with E-state index in [-0.39, 0.29) is 11.9 Å². The maximum Gasteiger partial charge on any atom is 0.220 e. The van der Waals surface area contributed by atoms with Gasteiger partial charge in [0.1, 0.15) is 6.33 Å². The Kier molecular flexibility index (Phi) is 5.44. The zero-order valence-electron chi connectivity index (χ0n) is 12.2. The van der Waals surface area contributed by atoms with Crippen LogP contribution in [0.2, 0.25) is 0 Å². The summed E-state index contributed by atoms with van der Waals surface area (Å²) in [6.07, 6.45) is 6.22. The van der Waals surface area contributed by atoms with Gasteiger partial charge in [-0.15, -0.1) is 10.2 Å². The van der Waals surface area contributed by atoms with Crippen molar-refractivity contribution in [3.8, 4) is 0 Å². The molecule has 21 heavy (non-hydrogen) atoms. The first kappa shape index (κ1) is 15.2. The Hall–Kier alpha value is -2.22. The highest BCUT2D eigenvalue weighted by atomic mass is 16.5. The third-order valence-corrected chi connectivity index (χ3v) is 3.14. The summed E-state index contributed by atoms with van der Waals surface area (Å²) in [6.45, 7) is 3.13. The minimum absolute atomic E-state index is 0.0232. The molecule has 0 radical (unpaired) electrons. The number of carbonyl (C=O) groups is 1. The predicted molar refractivity (Wildman–Crippen MR) is 75.4 cm³/mol. The number of methoxy groups -OCH3 is 1. The van der Waals surface area contributed by atoms with Gasteiger partial charge < -0.3 is 14.6 Å².